The molecular formula is C27H26F3N5O2. The molecule has 0 bridgehead atoms. The van der Waals surface area contributed by atoms with E-state index >= 15 is 0 Å². The lowest BCUT2D eigenvalue weighted by Crippen LogP contribution is -2.23. The van der Waals surface area contributed by atoms with Crippen LogP contribution in [0.5, 0.6) is 0 Å². The Morgan fingerprint density at radius 2 is 1.89 bits per heavy atom. The number of nitrogens with zero attached hydrogens (tertiary/aromatic N) is 5. The SMILES string of the molecule is Cc1nc2nc(C3CCOC(c4ccc(=O)n(C)c4)C3)nc(C3=C=C[C@@H](C(F)(F)F)C3)c2nc1C1CC1. The summed E-state index contributed by atoms with van der Waals surface area (Å²) in [6.07, 6.45) is 1.33. The zero-order valence-corrected chi connectivity index (χ0v) is 20.5. The van der Waals surface area contributed by atoms with E-state index in [0.29, 0.717) is 53.6 Å². The largest absolute Gasteiger partial charge is 0.396 e. The molecule has 3 aromatic heterocycles. The predicted molar refractivity (Wildman–Crippen MR) is 130 cm³/mol. The van der Waals surface area contributed by atoms with Crippen LogP contribution in [0.2, 0.25) is 0 Å². The summed E-state index contributed by atoms with van der Waals surface area (Å²) in [5, 5.41) is 0. The third-order valence-electron chi connectivity index (χ3n) is 7.44. The molecule has 192 valence electrons. The Hall–Kier alpha value is -3.36. The van der Waals surface area contributed by atoms with E-state index in [2.05, 4.69) is 5.73 Å². The normalized spacial score (nSPS) is 24.0. The molecule has 7 nitrogen and oxygen atoms in total. The number of rotatable bonds is 4. The predicted octanol–water partition coefficient (Wildman–Crippen LogP) is 5.06. The molecule has 0 aromatic carbocycles. The minimum absolute atomic E-state index is 0.0891. The first-order chi connectivity index (χ1) is 17.7. The Balaban J connectivity index is 1.40. The summed E-state index contributed by atoms with van der Waals surface area (Å²) in [4.78, 5) is 31.0. The molecule has 3 aromatic rings. The van der Waals surface area contributed by atoms with Crippen LogP contribution in [0, 0.1) is 12.8 Å². The molecule has 0 amide bonds. The number of hydrogen-bond donors (Lipinski definition) is 0. The van der Waals surface area contributed by atoms with Gasteiger partial charge in [-0.05, 0) is 56.7 Å². The molecule has 3 atom stereocenters. The third kappa shape index (κ3) is 4.60. The van der Waals surface area contributed by atoms with E-state index in [-0.39, 0.29) is 24.0 Å². The number of halogens is 3. The zero-order chi connectivity index (χ0) is 25.9. The monoisotopic (exact) mass is 509 g/mol. The molecule has 0 N–H and O–H groups in total. The summed E-state index contributed by atoms with van der Waals surface area (Å²) in [5.74, 6) is -0.819. The Morgan fingerprint density at radius 3 is 2.59 bits per heavy atom. The van der Waals surface area contributed by atoms with Crippen LogP contribution in [0.25, 0.3) is 16.7 Å². The van der Waals surface area contributed by atoms with Crippen molar-refractivity contribution in [3.63, 3.8) is 0 Å². The van der Waals surface area contributed by atoms with Gasteiger partial charge >= 0.3 is 6.18 Å². The lowest BCUT2D eigenvalue weighted by Gasteiger charge is -2.29. The lowest BCUT2D eigenvalue weighted by atomic mass is 9.91. The Labute approximate surface area is 211 Å². The van der Waals surface area contributed by atoms with E-state index in [1.54, 1.807) is 19.3 Å². The molecule has 1 aliphatic heterocycles. The van der Waals surface area contributed by atoms with Gasteiger partial charge in [-0.1, -0.05) is 0 Å². The average Bonchev–Trinajstić information content (AvgIpc) is 3.58. The van der Waals surface area contributed by atoms with Crippen molar-refractivity contribution in [1.82, 2.24) is 24.5 Å². The summed E-state index contributed by atoms with van der Waals surface area (Å²) in [7, 11) is 1.69. The molecule has 1 saturated carbocycles. The van der Waals surface area contributed by atoms with Crippen LogP contribution in [0.1, 0.15) is 78.5 Å². The van der Waals surface area contributed by atoms with Crippen molar-refractivity contribution in [3.8, 4) is 0 Å². The molecule has 2 fully saturated rings. The van der Waals surface area contributed by atoms with Crippen LogP contribution in [0.15, 0.2) is 34.9 Å². The molecule has 0 radical (unpaired) electrons. The molecule has 4 heterocycles. The molecule has 2 unspecified atom stereocenters. The second kappa shape index (κ2) is 8.89. The molecule has 0 spiro atoms. The fraction of sp³-hybridized carbons (Fsp3) is 0.481. The molecule has 2 aliphatic carbocycles. The van der Waals surface area contributed by atoms with Gasteiger partial charge < -0.3 is 9.30 Å². The van der Waals surface area contributed by atoms with Gasteiger partial charge in [0.1, 0.15) is 17.0 Å². The molecule has 37 heavy (non-hydrogen) atoms. The highest BCUT2D eigenvalue weighted by molar-refractivity contribution is 5.85. The van der Waals surface area contributed by atoms with Gasteiger partial charge in [-0.3, -0.25) is 4.79 Å². The van der Waals surface area contributed by atoms with Crippen molar-refractivity contribution in [2.45, 2.75) is 63.1 Å². The second-order valence-corrected chi connectivity index (χ2v) is 10.2. The maximum absolute atomic E-state index is 13.4. The highest BCUT2D eigenvalue weighted by Gasteiger charge is 2.41. The lowest BCUT2D eigenvalue weighted by molar-refractivity contribution is -0.158. The summed E-state index contributed by atoms with van der Waals surface area (Å²) in [6.45, 7) is 2.37. The van der Waals surface area contributed by atoms with Crippen LogP contribution < -0.4 is 5.56 Å². The van der Waals surface area contributed by atoms with E-state index in [0.717, 1.165) is 35.9 Å². The Kier molecular flexibility index (Phi) is 5.76. The maximum atomic E-state index is 13.4. The van der Waals surface area contributed by atoms with Gasteiger partial charge in [-0.25, -0.2) is 19.9 Å². The first kappa shape index (κ1) is 24.0. The molecule has 1 saturated heterocycles. The summed E-state index contributed by atoms with van der Waals surface area (Å²) < 4.78 is 47.8. The van der Waals surface area contributed by atoms with Gasteiger partial charge in [0, 0.05) is 43.3 Å². The minimum Gasteiger partial charge on any atom is -0.373 e. The number of fused-ring (bicyclic) bond motifs is 1. The van der Waals surface area contributed by atoms with Crippen LogP contribution in [0.4, 0.5) is 13.2 Å². The number of hydrogen-bond acceptors (Lipinski definition) is 6. The first-order valence-electron chi connectivity index (χ1n) is 12.5. The fourth-order valence-electron chi connectivity index (χ4n) is 5.18. The first-order valence-corrected chi connectivity index (χ1v) is 12.5. The number of aryl methyl sites for hydroxylation is 2. The molecular weight excluding hydrogens is 483 g/mol. The van der Waals surface area contributed by atoms with Gasteiger partial charge in [0.25, 0.3) is 0 Å². The van der Waals surface area contributed by atoms with Crippen molar-refractivity contribution in [2.24, 2.45) is 13.0 Å². The average molecular weight is 510 g/mol. The van der Waals surface area contributed by atoms with Gasteiger partial charge in [-0.2, -0.15) is 13.2 Å². The fourth-order valence-corrected chi connectivity index (χ4v) is 5.18. The van der Waals surface area contributed by atoms with Gasteiger partial charge in [0.15, 0.2) is 5.65 Å². The minimum atomic E-state index is -4.34. The number of pyridine rings is 1. The second-order valence-electron chi connectivity index (χ2n) is 10.2. The van der Waals surface area contributed by atoms with Crippen LogP contribution in [-0.2, 0) is 11.8 Å². The molecule has 3 aliphatic rings. The summed E-state index contributed by atoms with van der Waals surface area (Å²) >= 11 is 0. The standard InChI is InChI=1S/C27H26F3N5O2/c1-14-22(15-3-4-15)32-24-23(16-5-7-19(11-16)27(28,29)30)33-25(34-26(24)31-14)17-9-10-37-20(12-17)18-6-8-21(36)35(2)13-18/h6-8,13,15,17,19-20H,3-4,9-12H2,1-2H3/t17?,19-,20?/m1/s1. The van der Waals surface area contributed by atoms with E-state index in [1.165, 1.54) is 10.6 Å². The van der Waals surface area contributed by atoms with E-state index in [9.17, 15) is 18.0 Å². The van der Waals surface area contributed by atoms with E-state index in [1.807, 2.05) is 6.92 Å². The number of aromatic nitrogens is 5. The van der Waals surface area contributed by atoms with Gasteiger partial charge in [0.2, 0.25) is 5.56 Å². The number of ether oxygens (including phenoxy) is 1. The Bertz CT molecular complexity index is 1520. The van der Waals surface area contributed by atoms with Crippen molar-refractivity contribution >= 4 is 16.7 Å². The van der Waals surface area contributed by atoms with Crippen LogP contribution >= 0.6 is 0 Å². The van der Waals surface area contributed by atoms with Crippen LogP contribution in [0.3, 0.4) is 0 Å². The van der Waals surface area contributed by atoms with Crippen molar-refractivity contribution in [1.29, 1.82) is 0 Å². The number of allylic oxidation sites excluding steroid dienone is 1. The molecule has 10 heteroatoms. The highest BCUT2D eigenvalue weighted by atomic mass is 19.4. The molecule has 6 rings (SSSR count). The van der Waals surface area contributed by atoms with Gasteiger partial charge in [0.05, 0.1) is 23.4 Å². The smallest absolute Gasteiger partial charge is 0.373 e. The van der Waals surface area contributed by atoms with Crippen molar-refractivity contribution < 1.29 is 17.9 Å². The topological polar surface area (TPSA) is 82.8 Å². The van der Waals surface area contributed by atoms with E-state index in [4.69, 9.17) is 24.7 Å². The van der Waals surface area contributed by atoms with Crippen molar-refractivity contribution in [2.75, 3.05) is 6.61 Å². The highest BCUT2D eigenvalue weighted by Crippen LogP contribution is 2.43. The van der Waals surface area contributed by atoms with E-state index < -0.39 is 12.1 Å². The Morgan fingerprint density at radius 1 is 1.08 bits per heavy atom. The van der Waals surface area contributed by atoms with Gasteiger partial charge in [-0.15, -0.1) is 5.73 Å². The summed E-state index contributed by atoms with van der Waals surface area (Å²) in [5.41, 5.74) is 6.90. The van der Waals surface area contributed by atoms with Crippen molar-refractivity contribution in [3.05, 3.63) is 69.0 Å². The third-order valence-corrected chi connectivity index (χ3v) is 7.44. The number of alkyl halides is 3. The zero-order valence-electron chi connectivity index (χ0n) is 20.5. The quantitative estimate of drug-likeness (QED) is 0.457. The summed E-state index contributed by atoms with van der Waals surface area (Å²) in [6, 6.07) is 3.28. The van der Waals surface area contributed by atoms with Crippen LogP contribution in [-0.4, -0.2) is 37.3 Å². The maximum Gasteiger partial charge on any atom is 0.396 e.